The molecule has 0 spiro atoms. The second-order valence-corrected chi connectivity index (χ2v) is 5.13. The maximum absolute atomic E-state index is 10.4. The first-order chi connectivity index (χ1) is 10.8. The fraction of sp³-hybridized carbons (Fsp3) is 0.600. The predicted octanol–water partition coefficient (Wildman–Crippen LogP) is 4.30. The van der Waals surface area contributed by atoms with Crippen molar-refractivity contribution in [2.24, 2.45) is 0 Å². The standard InChI is InChI=1S/C15H24O/c1-10-11(14(2,3)4)8-9-12(16)13(10)15(5,6)7/h8-9,16H,1-7H3/i5D3,6D3,7D3. The largest absolute Gasteiger partial charge is 0.508 e. The molecule has 0 saturated heterocycles. The van der Waals surface area contributed by atoms with Crippen LogP contribution in [0.5, 0.6) is 5.75 Å². The average molecular weight is 229 g/mol. The SMILES string of the molecule is [2H]C([2H])([2H])C(c1c(O)ccc(C(C)(C)C)c1C)(C([2H])([2H])[2H])C([2H])([2H])[2H]. The molecular formula is C15H24O. The van der Waals surface area contributed by atoms with Crippen LogP contribution in [0.15, 0.2) is 12.1 Å². The molecule has 0 amide bonds. The van der Waals surface area contributed by atoms with Gasteiger partial charge in [-0.1, -0.05) is 47.4 Å². The van der Waals surface area contributed by atoms with Gasteiger partial charge in [0, 0.05) is 17.9 Å². The summed E-state index contributed by atoms with van der Waals surface area (Å²) in [4.78, 5) is 0. The van der Waals surface area contributed by atoms with Gasteiger partial charge >= 0.3 is 0 Å². The predicted molar refractivity (Wildman–Crippen MR) is 70.2 cm³/mol. The summed E-state index contributed by atoms with van der Waals surface area (Å²) >= 11 is 0. The minimum Gasteiger partial charge on any atom is -0.508 e. The summed E-state index contributed by atoms with van der Waals surface area (Å²) in [5.74, 6) is -0.645. The fourth-order valence-corrected chi connectivity index (χ4v) is 1.98. The van der Waals surface area contributed by atoms with E-state index < -0.39 is 42.7 Å². The number of hydrogen-bond donors (Lipinski definition) is 1. The highest BCUT2D eigenvalue weighted by Gasteiger charge is 2.25. The maximum atomic E-state index is 10.4. The lowest BCUT2D eigenvalue weighted by Crippen LogP contribution is -2.19. The average Bonchev–Trinajstić information content (AvgIpc) is 2.26. The molecule has 1 rings (SSSR count). The zero-order chi connectivity index (χ0) is 20.2. The molecule has 0 aromatic heterocycles. The lowest BCUT2D eigenvalue weighted by atomic mass is 9.76. The van der Waals surface area contributed by atoms with Crippen LogP contribution in [0.3, 0.4) is 0 Å². The van der Waals surface area contributed by atoms with Gasteiger partial charge in [0.1, 0.15) is 5.75 Å². The highest BCUT2D eigenvalue weighted by molar-refractivity contribution is 5.49. The van der Waals surface area contributed by atoms with Crippen LogP contribution in [-0.2, 0) is 10.8 Å². The van der Waals surface area contributed by atoms with E-state index in [1.807, 2.05) is 20.8 Å². The third kappa shape index (κ3) is 2.40. The molecule has 1 aromatic carbocycles. The van der Waals surface area contributed by atoms with Crippen LogP contribution in [0.25, 0.3) is 0 Å². The van der Waals surface area contributed by atoms with Crippen LogP contribution < -0.4 is 0 Å². The van der Waals surface area contributed by atoms with E-state index in [0.29, 0.717) is 5.56 Å². The quantitative estimate of drug-likeness (QED) is 0.703. The molecule has 16 heavy (non-hydrogen) atoms. The Labute approximate surface area is 112 Å². The third-order valence-electron chi connectivity index (χ3n) is 2.63. The maximum Gasteiger partial charge on any atom is 0.119 e. The fourth-order valence-electron chi connectivity index (χ4n) is 1.98. The van der Waals surface area contributed by atoms with Crippen molar-refractivity contribution in [3.63, 3.8) is 0 Å². The zero-order valence-electron chi connectivity index (χ0n) is 19.1. The monoisotopic (exact) mass is 229 g/mol. The number of hydrogen-bond acceptors (Lipinski definition) is 1. The Kier molecular flexibility index (Phi) is 1.21. The molecule has 0 fully saturated rings. The molecule has 0 aliphatic heterocycles. The minimum absolute atomic E-state index is 0.163. The van der Waals surface area contributed by atoms with E-state index in [0.717, 1.165) is 0 Å². The topological polar surface area (TPSA) is 20.2 Å². The van der Waals surface area contributed by atoms with Gasteiger partial charge in [0.15, 0.2) is 0 Å². The molecule has 0 aliphatic rings. The molecule has 0 atom stereocenters. The Bertz CT molecular complexity index is 609. The molecule has 0 radical (unpaired) electrons. The highest BCUT2D eigenvalue weighted by atomic mass is 16.3. The zero-order valence-corrected chi connectivity index (χ0v) is 10.1. The Morgan fingerprint density at radius 3 is 2.06 bits per heavy atom. The van der Waals surface area contributed by atoms with Crippen LogP contribution in [0.1, 0.15) is 70.4 Å². The van der Waals surface area contributed by atoms with Crippen LogP contribution in [0, 0.1) is 6.92 Å². The molecule has 0 unspecified atom stereocenters. The Balaban J connectivity index is 4.19. The Morgan fingerprint density at radius 2 is 1.62 bits per heavy atom. The molecule has 90 valence electrons. The number of rotatable bonds is 0. The van der Waals surface area contributed by atoms with Crippen molar-refractivity contribution in [2.75, 3.05) is 0 Å². The van der Waals surface area contributed by atoms with Gasteiger partial charge in [0.2, 0.25) is 0 Å². The van der Waals surface area contributed by atoms with Crippen molar-refractivity contribution in [3.8, 4) is 5.75 Å². The van der Waals surface area contributed by atoms with E-state index in [4.69, 9.17) is 12.3 Å². The van der Waals surface area contributed by atoms with Crippen LogP contribution in [0.4, 0.5) is 0 Å². The van der Waals surface area contributed by atoms with Crippen molar-refractivity contribution in [1.82, 2.24) is 0 Å². The summed E-state index contributed by atoms with van der Waals surface area (Å²) in [6, 6.07) is 2.72. The van der Waals surface area contributed by atoms with Gasteiger partial charge in [0.05, 0.1) is 0 Å². The van der Waals surface area contributed by atoms with Gasteiger partial charge in [-0.25, -0.2) is 0 Å². The number of phenols is 1. The first-order valence-corrected chi connectivity index (χ1v) is 5.13. The van der Waals surface area contributed by atoms with Crippen LogP contribution in [0.2, 0.25) is 0 Å². The summed E-state index contributed by atoms with van der Waals surface area (Å²) in [6.45, 7) is -3.26. The summed E-state index contributed by atoms with van der Waals surface area (Å²) in [6.07, 6.45) is 0. The summed E-state index contributed by atoms with van der Waals surface area (Å²) in [5, 5.41) is 10.4. The van der Waals surface area contributed by atoms with Crippen LogP contribution >= 0.6 is 0 Å². The smallest absolute Gasteiger partial charge is 0.119 e. The van der Waals surface area contributed by atoms with Gasteiger partial charge in [-0.05, 0) is 34.9 Å². The highest BCUT2D eigenvalue weighted by Crippen LogP contribution is 2.38. The van der Waals surface area contributed by atoms with Gasteiger partial charge < -0.3 is 5.11 Å². The molecule has 1 heteroatoms. The van der Waals surface area contributed by atoms with E-state index in [1.165, 1.54) is 13.0 Å². The van der Waals surface area contributed by atoms with Crippen molar-refractivity contribution >= 4 is 0 Å². The number of aromatic hydroxyl groups is 1. The molecule has 0 heterocycles. The second-order valence-electron chi connectivity index (χ2n) is 5.13. The van der Waals surface area contributed by atoms with Crippen LogP contribution in [-0.4, -0.2) is 5.11 Å². The van der Waals surface area contributed by atoms with E-state index in [1.54, 1.807) is 6.07 Å². The summed E-state index contributed by atoms with van der Waals surface area (Å²) in [5.41, 5.74) is -3.53. The molecular weight excluding hydrogens is 196 g/mol. The minimum atomic E-state index is -3.40. The van der Waals surface area contributed by atoms with Crippen molar-refractivity contribution in [2.45, 2.75) is 59.1 Å². The van der Waals surface area contributed by atoms with E-state index in [9.17, 15) is 5.11 Å². The second kappa shape index (κ2) is 3.80. The molecule has 1 aromatic rings. The summed E-state index contributed by atoms with van der Waals surface area (Å²) < 4.78 is 70.3. The molecule has 0 aliphatic carbocycles. The number of benzene rings is 1. The van der Waals surface area contributed by atoms with Gasteiger partial charge in [0.25, 0.3) is 0 Å². The molecule has 0 bridgehead atoms. The molecule has 1 nitrogen and oxygen atoms in total. The van der Waals surface area contributed by atoms with Gasteiger partial charge in [-0.15, -0.1) is 0 Å². The van der Waals surface area contributed by atoms with Gasteiger partial charge in [-0.2, -0.15) is 0 Å². The van der Waals surface area contributed by atoms with Gasteiger partial charge in [-0.3, -0.25) is 0 Å². The van der Waals surface area contributed by atoms with Crippen molar-refractivity contribution < 1.29 is 17.4 Å². The molecule has 0 saturated carbocycles. The van der Waals surface area contributed by atoms with E-state index in [-0.39, 0.29) is 5.56 Å². The lowest BCUT2D eigenvalue weighted by Gasteiger charge is -2.29. The number of phenolic OH excluding ortho intramolecular Hbond substituents is 1. The third-order valence-corrected chi connectivity index (χ3v) is 2.63. The molecule has 1 N–H and O–H groups in total. The first-order valence-electron chi connectivity index (χ1n) is 9.63. The summed E-state index contributed by atoms with van der Waals surface area (Å²) in [7, 11) is 0. The van der Waals surface area contributed by atoms with E-state index in [2.05, 4.69) is 0 Å². The Morgan fingerprint density at radius 1 is 1.06 bits per heavy atom. The Hall–Kier alpha value is -0.980. The normalized spacial score (nSPS) is 23.6. The lowest BCUT2D eigenvalue weighted by molar-refractivity contribution is 0.442. The first kappa shape index (κ1) is 5.12. The van der Waals surface area contributed by atoms with Crippen molar-refractivity contribution in [1.29, 1.82) is 0 Å². The van der Waals surface area contributed by atoms with Crippen molar-refractivity contribution in [3.05, 3.63) is 28.8 Å². The van der Waals surface area contributed by atoms with E-state index >= 15 is 0 Å².